The van der Waals surface area contributed by atoms with Gasteiger partial charge in [-0.25, -0.2) is 9.67 Å². The molecule has 1 aliphatic carbocycles. The van der Waals surface area contributed by atoms with Crippen LogP contribution in [0.3, 0.4) is 0 Å². The van der Waals surface area contributed by atoms with Crippen molar-refractivity contribution in [2.24, 2.45) is 5.92 Å². The fourth-order valence-corrected chi connectivity index (χ4v) is 6.94. The minimum atomic E-state index is -0.290. The predicted octanol–water partition coefficient (Wildman–Crippen LogP) is 6.50. The number of Topliss-reactive ketones (excluding diaryl/α,β-unsaturated/α-hetero) is 1. The number of carbonyl (C=O) groups is 1. The first-order chi connectivity index (χ1) is 23.8. The smallest absolute Gasteiger partial charge is 0.275 e. The fraction of sp³-hybridized carbons (Fsp3) is 0.385. The van der Waals surface area contributed by atoms with E-state index in [1.54, 1.807) is 16.8 Å². The quantitative estimate of drug-likeness (QED) is 0.116. The van der Waals surface area contributed by atoms with Gasteiger partial charge in [0, 0.05) is 61.2 Å². The summed E-state index contributed by atoms with van der Waals surface area (Å²) in [6.07, 6.45) is 4.41. The van der Waals surface area contributed by atoms with Crippen molar-refractivity contribution in [3.05, 3.63) is 106 Å². The van der Waals surface area contributed by atoms with E-state index in [-0.39, 0.29) is 23.7 Å². The molecule has 0 aliphatic heterocycles. The number of nitrogens with zero attached hydrogens (tertiary/aromatic N) is 4. The summed E-state index contributed by atoms with van der Waals surface area (Å²) in [6, 6.07) is 25.2. The lowest BCUT2D eigenvalue weighted by molar-refractivity contribution is 0.0972. The van der Waals surface area contributed by atoms with Crippen LogP contribution in [-0.2, 0) is 0 Å². The number of aromatic nitrogens is 4. The maximum Gasteiger partial charge on any atom is 0.275 e. The molecule has 5 aromatic rings. The Morgan fingerprint density at radius 1 is 0.980 bits per heavy atom. The minimum absolute atomic E-state index is 0.000950. The van der Waals surface area contributed by atoms with E-state index in [0.717, 1.165) is 66.1 Å². The Morgan fingerprint density at radius 3 is 2.41 bits per heavy atom. The molecule has 2 heterocycles. The van der Waals surface area contributed by atoms with Crippen molar-refractivity contribution in [3.63, 3.8) is 0 Å². The number of anilines is 2. The summed E-state index contributed by atoms with van der Waals surface area (Å²) >= 11 is 0. The Balaban J connectivity index is 1.11. The van der Waals surface area contributed by atoms with Crippen LogP contribution in [0.15, 0.2) is 83.7 Å². The second kappa shape index (κ2) is 15.5. The number of carbonyl (C=O) groups excluding carboxylic acids is 1. The first-order valence-electron chi connectivity index (χ1n) is 17.3. The minimum Gasteiger partial charge on any atom is -0.494 e. The van der Waals surface area contributed by atoms with Gasteiger partial charge in [-0.3, -0.25) is 14.7 Å². The Hall–Kier alpha value is -4.96. The number of hydrogen-bond donors (Lipinski definition) is 3. The number of ketones is 1. The zero-order valence-electron chi connectivity index (χ0n) is 28.9. The molecule has 10 heteroatoms. The summed E-state index contributed by atoms with van der Waals surface area (Å²) < 4.78 is 7.14. The standard InChI is InChI=1S/C39H47N7O3/c1-5-49-32-21-17-28(18-22-32)35(47)23-29(36-26(2)44-46(38(36)48)31-11-7-6-8-12-31)25-40-24-27-15-19-30(20-16-27)41-39-42-34-14-10-9-13-33(34)37(43-39)45(3)4/h6-14,17-18,21-22,27,29-30,40,44H,5,15-16,19-20,23-25H2,1-4H3,(H,41,42,43). The van der Waals surface area contributed by atoms with E-state index in [4.69, 9.17) is 14.7 Å². The van der Waals surface area contributed by atoms with Gasteiger partial charge in [0.15, 0.2) is 5.78 Å². The maximum absolute atomic E-state index is 13.8. The summed E-state index contributed by atoms with van der Waals surface area (Å²) in [5.41, 5.74) is 3.63. The van der Waals surface area contributed by atoms with Crippen molar-refractivity contribution >= 4 is 28.5 Å². The summed E-state index contributed by atoms with van der Waals surface area (Å²) in [5, 5.41) is 11.6. The molecule has 2 aromatic heterocycles. The van der Waals surface area contributed by atoms with Crippen LogP contribution < -0.4 is 25.8 Å². The van der Waals surface area contributed by atoms with Crippen LogP contribution in [-0.4, -0.2) is 65.4 Å². The Labute approximate surface area is 287 Å². The van der Waals surface area contributed by atoms with E-state index in [1.807, 2.05) is 93.5 Å². The van der Waals surface area contributed by atoms with E-state index in [9.17, 15) is 9.59 Å². The molecule has 0 bridgehead atoms. The molecule has 1 saturated carbocycles. The number of H-pyrrole nitrogens is 1. The summed E-state index contributed by atoms with van der Waals surface area (Å²) in [4.78, 5) is 39.0. The third kappa shape index (κ3) is 8.03. The van der Waals surface area contributed by atoms with Crippen molar-refractivity contribution in [2.45, 2.75) is 57.9 Å². The highest BCUT2D eigenvalue weighted by atomic mass is 16.5. The first kappa shape index (κ1) is 33.9. The topological polar surface area (TPSA) is 117 Å². The molecule has 0 saturated heterocycles. The van der Waals surface area contributed by atoms with Crippen molar-refractivity contribution in [1.29, 1.82) is 0 Å². The number of aromatic amines is 1. The van der Waals surface area contributed by atoms with Crippen LogP contribution in [0.5, 0.6) is 5.75 Å². The number of rotatable bonds is 14. The van der Waals surface area contributed by atoms with E-state index < -0.39 is 0 Å². The molecular weight excluding hydrogens is 614 g/mol. The van der Waals surface area contributed by atoms with Gasteiger partial charge >= 0.3 is 0 Å². The van der Waals surface area contributed by atoms with Crippen LogP contribution in [0.2, 0.25) is 0 Å². The molecule has 1 unspecified atom stereocenters. The lowest BCUT2D eigenvalue weighted by Crippen LogP contribution is -2.34. The molecule has 1 fully saturated rings. The predicted molar refractivity (Wildman–Crippen MR) is 197 cm³/mol. The van der Waals surface area contributed by atoms with Gasteiger partial charge in [-0.2, -0.15) is 4.98 Å². The van der Waals surface area contributed by atoms with Crippen molar-refractivity contribution in [1.82, 2.24) is 25.1 Å². The fourth-order valence-electron chi connectivity index (χ4n) is 6.94. The van der Waals surface area contributed by atoms with Gasteiger partial charge in [0.1, 0.15) is 11.6 Å². The molecule has 10 nitrogen and oxygen atoms in total. The highest BCUT2D eigenvalue weighted by molar-refractivity contribution is 5.96. The number of aryl methyl sites for hydroxylation is 1. The molecular formula is C39H47N7O3. The lowest BCUT2D eigenvalue weighted by Gasteiger charge is -2.30. The maximum atomic E-state index is 13.8. The van der Waals surface area contributed by atoms with Gasteiger partial charge in [0.25, 0.3) is 5.56 Å². The van der Waals surface area contributed by atoms with Gasteiger partial charge < -0.3 is 20.3 Å². The van der Waals surface area contributed by atoms with Gasteiger partial charge in [0.05, 0.1) is 17.8 Å². The van der Waals surface area contributed by atoms with Crippen molar-refractivity contribution in [2.75, 3.05) is 44.0 Å². The van der Waals surface area contributed by atoms with Gasteiger partial charge in [-0.15, -0.1) is 0 Å². The van der Waals surface area contributed by atoms with Crippen molar-refractivity contribution < 1.29 is 9.53 Å². The Morgan fingerprint density at radius 2 is 1.69 bits per heavy atom. The highest BCUT2D eigenvalue weighted by Crippen LogP contribution is 2.29. The average molecular weight is 662 g/mol. The molecule has 49 heavy (non-hydrogen) atoms. The molecule has 0 amide bonds. The largest absolute Gasteiger partial charge is 0.494 e. The monoisotopic (exact) mass is 661 g/mol. The first-order valence-corrected chi connectivity index (χ1v) is 17.3. The number of benzene rings is 3. The molecule has 3 aromatic carbocycles. The summed E-state index contributed by atoms with van der Waals surface area (Å²) in [6.45, 7) is 5.77. The van der Waals surface area contributed by atoms with Crippen molar-refractivity contribution in [3.8, 4) is 11.4 Å². The van der Waals surface area contributed by atoms with Crippen LogP contribution >= 0.6 is 0 Å². The summed E-state index contributed by atoms with van der Waals surface area (Å²) in [7, 11) is 4.02. The molecule has 3 N–H and O–H groups in total. The number of nitrogens with one attached hydrogen (secondary N) is 3. The highest BCUT2D eigenvalue weighted by Gasteiger charge is 2.27. The number of para-hydroxylation sites is 2. The molecule has 256 valence electrons. The molecule has 6 rings (SSSR count). The third-order valence-corrected chi connectivity index (χ3v) is 9.47. The Bertz CT molecular complexity index is 1910. The Kier molecular flexibility index (Phi) is 10.7. The van der Waals surface area contributed by atoms with E-state index >= 15 is 0 Å². The molecule has 1 aliphatic rings. The average Bonchev–Trinajstić information content (AvgIpc) is 3.41. The van der Waals surface area contributed by atoms with E-state index in [2.05, 4.69) is 21.8 Å². The van der Waals surface area contributed by atoms with Crippen LogP contribution in [0.25, 0.3) is 16.6 Å². The van der Waals surface area contributed by atoms with Crippen LogP contribution in [0.4, 0.5) is 11.8 Å². The lowest BCUT2D eigenvalue weighted by atomic mass is 9.85. The zero-order valence-corrected chi connectivity index (χ0v) is 28.9. The number of ether oxygens (including phenoxy) is 1. The zero-order chi connectivity index (χ0) is 34.3. The SMILES string of the molecule is CCOc1ccc(C(=O)CC(CNCC2CCC(Nc3nc(N(C)C)c4ccccc4n3)CC2)c2c(C)[nH]n(-c3ccccc3)c2=O)cc1. The third-order valence-electron chi connectivity index (χ3n) is 9.47. The number of hydrogen-bond acceptors (Lipinski definition) is 8. The normalized spacial score (nSPS) is 16.7. The van der Waals surface area contributed by atoms with Crippen LogP contribution in [0.1, 0.15) is 66.6 Å². The number of fused-ring (bicyclic) bond motifs is 1. The second-order valence-electron chi connectivity index (χ2n) is 13.2. The second-order valence-corrected chi connectivity index (χ2v) is 13.2. The molecule has 1 atom stereocenters. The summed E-state index contributed by atoms with van der Waals surface area (Å²) in [5.74, 6) is 2.53. The van der Waals surface area contributed by atoms with Gasteiger partial charge in [0.2, 0.25) is 5.95 Å². The van der Waals surface area contributed by atoms with Gasteiger partial charge in [-0.1, -0.05) is 30.3 Å². The van der Waals surface area contributed by atoms with Crippen LogP contribution in [0, 0.1) is 12.8 Å². The molecule has 0 radical (unpaired) electrons. The van der Waals surface area contributed by atoms with E-state index in [1.165, 1.54) is 0 Å². The molecule has 0 spiro atoms. The van der Waals surface area contributed by atoms with E-state index in [0.29, 0.717) is 42.2 Å². The van der Waals surface area contributed by atoms with Gasteiger partial charge in [-0.05, 0) is 101 Å².